The maximum atomic E-state index is 11.7. The average Bonchev–Trinajstić information content (AvgIpc) is 2.91. The topological polar surface area (TPSA) is 71.0 Å². The van der Waals surface area contributed by atoms with Crippen molar-refractivity contribution in [2.75, 3.05) is 46.0 Å². The van der Waals surface area contributed by atoms with Gasteiger partial charge in [0.05, 0.1) is 38.6 Å². The van der Waals surface area contributed by atoms with E-state index in [0.717, 1.165) is 25.9 Å². The van der Waals surface area contributed by atoms with Crippen molar-refractivity contribution in [1.82, 2.24) is 10.2 Å². The number of aliphatic hydroxyl groups excluding tert-OH is 1. The van der Waals surface area contributed by atoms with Crippen molar-refractivity contribution in [2.24, 2.45) is 0 Å². The molecule has 1 saturated heterocycles. The Kier molecular flexibility index (Phi) is 8.77. The van der Waals surface area contributed by atoms with Crippen LogP contribution >= 0.6 is 0 Å². The zero-order valence-electron chi connectivity index (χ0n) is 12.6. The van der Waals surface area contributed by atoms with Crippen LogP contribution in [0.25, 0.3) is 0 Å². The minimum Gasteiger partial charge on any atom is -0.389 e. The smallest absolute Gasteiger partial charge is 0.236 e. The molecule has 0 aromatic heterocycles. The van der Waals surface area contributed by atoms with Crippen molar-refractivity contribution in [1.29, 1.82) is 0 Å². The van der Waals surface area contributed by atoms with Crippen LogP contribution in [0.4, 0.5) is 0 Å². The van der Waals surface area contributed by atoms with E-state index < -0.39 is 6.10 Å². The molecule has 0 aliphatic carbocycles. The number of carbonyl (C=O) groups excluding carboxylic acids is 1. The van der Waals surface area contributed by atoms with Crippen molar-refractivity contribution >= 4 is 5.91 Å². The molecule has 0 bridgehead atoms. The van der Waals surface area contributed by atoms with E-state index in [1.807, 2.05) is 18.7 Å². The number of aliphatic hydroxyl groups is 1. The average molecular weight is 288 g/mol. The van der Waals surface area contributed by atoms with Crippen LogP contribution < -0.4 is 5.32 Å². The lowest BCUT2D eigenvalue weighted by Gasteiger charge is -2.17. The summed E-state index contributed by atoms with van der Waals surface area (Å²) in [6.07, 6.45) is 1.80. The number of nitrogens with zero attached hydrogens (tertiary/aromatic N) is 1. The molecule has 1 aliphatic heterocycles. The van der Waals surface area contributed by atoms with Crippen LogP contribution in [-0.2, 0) is 14.3 Å². The van der Waals surface area contributed by atoms with Gasteiger partial charge in [0, 0.05) is 19.6 Å². The molecule has 1 heterocycles. The lowest BCUT2D eigenvalue weighted by Crippen LogP contribution is -2.39. The molecular formula is C14H28N2O4. The molecule has 1 amide bonds. The van der Waals surface area contributed by atoms with Crippen molar-refractivity contribution < 1.29 is 19.4 Å². The van der Waals surface area contributed by atoms with Crippen LogP contribution in [0, 0.1) is 0 Å². The zero-order chi connectivity index (χ0) is 14.8. The van der Waals surface area contributed by atoms with Crippen LogP contribution in [0.3, 0.4) is 0 Å². The van der Waals surface area contributed by atoms with Crippen molar-refractivity contribution in [3.8, 4) is 0 Å². The largest absolute Gasteiger partial charge is 0.389 e. The molecule has 1 unspecified atom stereocenters. The van der Waals surface area contributed by atoms with E-state index in [4.69, 9.17) is 9.47 Å². The number of hydrogen-bond acceptors (Lipinski definition) is 5. The van der Waals surface area contributed by atoms with E-state index in [1.54, 1.807) is 0 Å². The van der Waals surface area contributed by atoms with Gasteiger partial charge in [-0.2, -0.15) is 0 Å². The number of carbonyl (C=O) groups is 1. The van der Waals surface area contributed by atoms with Gasteiger partial charge in [-0.1, -0.05) is 0 Å². The van der Waals surface area contributed by atoms with Gasteiger partial charge in [-0.25, -0.2) is 0 Å². The first-order valence-corrected chi connectivity index (χ1v) is 7.45. The fourth-order valence-electron chi connectivity index (χ4n) is 2.05. The van der Waals surface area contributed by atoms with Crippen LogP contribution in [0.1, 0.15) is 26.7 Å². The molecule has 0 saturated carbocycles. The summed E-state index contributed by atoms with van der Waals surface area (Å²) in [5.74, 6) is 0.112. The monoisotopic (exact) mass is 288 g/mol. The second-order valence-corrected chi connectivity index (χ2v) is 5.37. The number of ether oxygens (including phenoxy) is 2. The Morgan fingerprint density at radius 3 is 2.65 bits per heavy atom. The molecule has 20 heavy (non-hydrogen) atoms. The Balaban J connectivity index is 1.94. The normalized spacial score (nSPS) is 16.9. The maximum absolute atomic E-state index is 11.7. The highest BCUT2D eigenvalue weighted by Crippen LogP contribution is 2.06. The standard InChI is InChI=1S/C14H28N2O4/c1-12(2)20-8-7-19-11-13(17)9-15-10-14(18)16-5-3-4-6-16/h12-13,15,17H,3-11H2,1-2H3. The summed E-state index contributed by atoms with van der Waals surface area (Å²) in [5, 5.41) is 12.7. The van der Waals surface area contributed by atoms with Gasteiger partial charge in [0.15, 0.2) is 0 Å². The second kappa shape index (κ2) is 10.1. The fraction of sp³-hybridized carbons (Fsp3) is 0.929. The molecule has 118 valence electrons. The van der Waals surface area contributed by atoms with Gasteiger partial charge < -0.3 is 24.8 Å². The molecule has 6 heteroatoms. The molecule has 1 fully saturated rings. The molecule has 1 rings (SSSR count). The summed E-state index contributed by atoms with van der Waals surface area (Å²) in [4.78, 5) is 13.6. The molecule has 0 radical (unpaired) electrons. The van der Waals surface area contributed by atoms with Crippen LogP contribution in [0.15, 0.2) is 0 Å². The maximum Gasteiger partial charge on any atom is 0.236 e. The summed E-state index contributed by atoms with van der Waals surface area (Å²) in [5.41, 5.74) is 0. The summed E-state index contributed by atoms with van der Waals surface area (Å²) in [6, 6.07) is 0. The minimum atomic E-state index is -0.597. The van der Waals surface area contributed by atoms with Crippen molar-refractivity contribution in [2.45, 2.75) is 38.9 Å². The number of nitrogens with one attached hydrogen (secondary N) is 1. The number of likely N-dealkylation sites (tertiary alicyclic amines) is 1. The predicted molar refractivity (Wildman–Crippen MR) is 76.6 cm³/mol. The molecule has 0 aromatic rings. The van der Waals surface area contributed by atoms with Gasteiger partial charge in [0.1, 0.15) is 0 Å². The number of amides is 1. The SMILES string of the molecule is CC(C)OCCOCC(O)CNCC(=O)N1CCCC1. The van der Waals surface area contributed by atoms with Gasteiger partial charge in [0.25, 0.3) is 0 Å². The first kappa shape index (κ1) is 17.4. The first-order chi connectivity index (χ1) is 9.59. The Morgan fingerprint density at radius 2 is 2.00 bits per heavy atom. The van der Waals surface area contributed by atoms with Gasteiger partial charge in [-0.3, -0.25) is 4.79 Å². The lowest BCUT2D eigenvalue weighted by molar-refractivity contribution is -0.129. The molecule has 0 spiro atoms. The van der Waals surface area contributed by atoms with Crippen molar-refractivity contribution in [3.05, 3.63) is 0 Å². The van der Waals surface area contributed by atoms with Crippen LogP contribution in [-0.4, -0.2) is 74.1 Å². The van der Waals surface area contributed by atoms with Gasteiger partial charge in [-0.15, -0.1) is 0 Å². The Morgan fingerprint density at radius 1 is 1.30 bits per heavy atom. The Labute approximate surface area is 121 Å². The van der Waals surface area contributed by atoms with E-state index in [9.17, 15) is 9.90 Å². The lowest BCUT2D eigenvalue weighted by atomic mass is 10.3. The second-order valence-electron chi connectivity index (χ2n) is 5.37. The van der Waals surface area contributed by atoms with Crippen LogP contribution in [0.5, 0.6) is 0 Å². The van der Waals surface area contributed by atoms with E-state index in [0.29, 0.717) is 19.8 Å². The summed E-state index contributed by atoms with van der Waals surface area (Å²) in [7, 11) is 0. The van der Waals surface area contributed by atoms with Gasteiger partial charge in [-0.05, 0) is 26.7 Å². The Hall–Kier alpha value is -0.690. The number of rotatable bonds is 10. The first-order valence-electron chi connectivity index (χ1n) is 7.45. The predicted octanol–water partition coefficient (Wildman–Crippen LogP) is 0.000900. The molecule has 1 atom stereocenters. The van der Waals surface area contributed by atoms with Gasteiger partial charge >= 0.3 is 0 Å². The van der Waals surface area contributed by atoms with Crippen LogP contribution in [0.2, 0.25) is 0 Å². The molecule has 1 aliphatic rings. The highest BCUT2D eigenvalue weighted by Gasteiger charge is 2.17. The fourth-order valence-corrected chi connectivity index (χ4v) is 2.05. The molecule has 0 aromatic carbocycles. The summed E-state index contributed by atoms with van der Waals surface area (Å²) < 4.78 is 10.6. The van der Waals surface area contributed by atoms with Gasteiger partial charge in [0.2, 0.25) is 5.91 Å². The van der Waals surface area contributed by atoms with E-state index in [2.05, 4.69) is 5.32 Å². The summed E-state index contributed by atoms with van der Waals surface area (Å²) >= 11 is 0. The Bertz CT molecular complexity index is 268. The molecule has 6 nitrogen and oxygen atoms in total. The van der Waals surface area contributed by atoms with Crippen molar-refractivity contribution in [3.63, 3.8) is 0 Å². The highest BCUT2D eigenvalue weighted by atomic mass is 16.5. The summed E-state index contributed by atoms with van der Waals surface area (Å²) in [6.45, 7) is 7.58. The molecular weight excluding hydrogens is 260 g/mol. The third-order valence-electron chi connectivity index (χ3n) is 3.10. The zero-order valence-corrected chi connectivity index (χ0v) is 12.6. The van der Waals surface area contributed by atoms with E-state index >= 15 is 0 Å². The third-order valence-corrected chi connectivity index (χ3v) is 3.10. The molecule has 2 N–H and O–H groups in total. The van der Waals surface area contributed by atoms with E-state index in [1.165, 1.54) is 0 Å². The number of hydrogen-bond donors (Lipinski definition) is 2. The third kappa shape index (κ3) is 7.79. The quantitative estimate of drug-likeness (QED) is 0.554. The highest BCUT2D eigenvalue weighted by molar-refractivity contribution is 5.78. The minimum absolute atomic E-state index is 0.112. The van der Waals surface area contributed by atoms with E-state index in [-0.39, 0.29) is 25.2 Å².